The molecule has 0 bridgehead atoms. The van der Waals surface area contributed by atoms with Crippen molar-refractivity contribution in [3.63, 3.8) is 0 Å². The van der Waals surface area contributed by atoms with Crippen LogP contribution in [0.15, 0.2) is 24.3 Å². The molecule has 0 amide bonds. The lowest BCUT2D eigenvalue weighted by Gasteiger charge is -2.26. The standard InChI is InChI=1S/C16H26N2O2/c17-8-7-15(19)13-20-16-6-4-5-14(11-16)12-18-9-2-1-3-10-18/h4-6,11,15,19H,1-3,7-10,12-13,17H2. The smallest absolute Gasteiger partial charge is 0.119 e. The van der Waals surface area contributed by atoms with E-state index in [9.17, 15) is 5.11 Å². The molecule has 0 saturated carbocycles. The fourth-order valence-electron chi connectivity index (χ4n) is 2.58. The lowest BCUT2D eigenvalue weighted by Crippen LogP contribution is -2.29. The van der Waals surface area contributed by atoms with Crippen LogP contribution in [0.3, 0.4) is 0 Å². The normalized spacial score (nSPS) is 17.9. The highest BCUT2D eigenvalue weighted by atomic mass is 16.5. The second-order valence-corrected chi connectivity index (χ2v) is 5.53. The summed E-state index contributed by atoms with van der Waals surface area (Å²) in [5, 5.41) is 9.63. The second kappa shape index (κ2) is 8.25. The van der Waals surface area contributed by atoms with Crippen molar-refractivity contribution in [2.45, 2.75) is 38.3 Å². The Balaban J connectivity index is 1.83. The second-order valence-electron chi connectivity index (χ2n) is 5.53. The molecule has 1 heterocycles. The molecular weight excluding hydrogens is 252 g/mol. The average Bonchev–Trinajstić information content (AvgIpc) is 2.47. The zero-order chi connectivity index (χ0) is 14.2. The Morgan fingerprint density at radius 2 is 2.05 bits per heavy atom. The number of piperidine rings is 1. The molecule has 112 valence electrons. The van der Waals surface area contributed by atoms with Crippen molar-refractivity contribution < 1.29 is 9.84 Å². The molecule has 3 N–H and O–H groups in total. The maximum atomic E-state index is 9.63. The van der Waals surface area contributed by atoms with Crippen LogP contribution in [0.25, 0.3) is 0 Å². The topological polar surface area (TPSA) is 58.7 Å². The molecule has 1 unspecified atom stereocenters. The van der Waals surface area contributed by atoms with Crippen LogP contribution < -0.4 is 10.5 Å². The van der Waals surface area contributed by atoms with Crippen molar-refractivity contribution in [2.75, 3.05) is 26.2 Å². The van der Waals surface area contributed by atoms with E-state index in [0.29, 0.717) is 19.6 Å². The number of aliphatic hydroxyl groups is 1. The number of hydrogen-bond donors (Lipinski definition) is 2. The maximum absolute atomic E-state index is 9.63. The third-order valence-corrected chi connectivity index (χ3v) is 3.70. The molecule has 1 fully saturated rings. The van der Waals surface area contributed by atoms with Gasteiger partial charge < -0.3 is 15.6 Å². The number of rotatable bonds is 7. The minimum Gasteiger partial charge on any atom is -0.491 e. The third-order valence-electron chi connectivity index (χ3n) is 3.70. The van der Waals surface area contributed by atoms with Gasteiger partial charge in [-0.2, -0.15) is 0 Å². The van der Waals surface area contributed by atoms with Gasteiger partial charge >= 0.3 is 0 Å². The summed E-state index contributed by atoms with van der Waals surface area (Å²) < 4.78 is 5.63. The Morgan fingerprint density at radius 1 is 1.25 bits per heavy atom. The molecule has 0 radical (unpaired) electrons. The van der Waals surface area contributed by atoms with Crippen molar-refractivity contribution in [3.05, 3.63) is 29.8 Å². The van der Waals surface area contributed by atoms with E-state index in [2.05, 4.69) is 17.0 Å². The van der Waals surface area contributed by atoms with Gasteiger partial charge in [-0.1, -0.05) is 18.6 Å². The van der Waals surface area contributed by atoms with Gasteiger partial charge in [-0.3, -0.25) is 4.90 Å². The minimum atomic E-state index is -0.481. The van der Waals surface area contributed by atoms with E-state index in [0.717, 1.165) is 12.3 Å². The molecule has 4 heteroatoms. The first kappa shape index (κ1) is 15.3. The first-order valence-electron chi connectivity index (χ1n) is 7.60. The van der Waals surface area contributed by atoms with Gasteiger partial charge in [0.15, 0.2) is 0 Å². The Bertz CT molecular complexity index is 392. The lowest BCUT2D eigenvalue weighted by molar-refractivity contribution is 0.102. The van der Waals surface area contributed by atoms with Gasteiger partial charge in [-0.05, 0) is 56.6 Å². The monoisotopic (exact) mass is 278 g/mol. The van der Waals surface area contributed by atoms with Gasteiger partial charge in [0.1, 0.15) is 12.4 Å². The summed E-state index contributed by atoms with van der Waals surface area (Å²) in [7, 11) is 0. The maximum Gasteiger partial charge on any atom is 0.119 e. The van der Waals surface area contributed by atoms with E-state index in [4.69, 9.17) is 10.5 Å². The number of benzene rings is 1. The van der Waals surface area contributed by atoms with E-state index in [1.54, 1.807) is 0 Å². The number of nitrogens with two attached hydrogens (primary N) is 1. The zero-order valence-corrected chi connectivity index (χ0v) is 12.1. The highest BCUT2D eigenvalue weighted by molar-refractivity contribution is 5.28. The summed E-state index contributed by atoms with van der Waals surface area (Å²) >= 11 is 0. The minimum absolute atomic E-state index is 0.310. The van der Waals surface area contributed by atoms with Crippen molar-refractivity contribution in [2.24, 2.45) is 5.73 Å². The van der Waals surface area contributed by atoms with Crippen LogP contribution in [0.1, 0.15) is 31.2 Å². The Morgan fingerprint density at radius 3 is 2.80 bits per heavy atom. The average molecular weight is 278 g/mol. The van der Waals surface area contributed by atoms with Crippen molar-refractivity contribution >= 4 is 0 Å². The van der Waals surface area contributed by atoms with Crippen LogP contribution in [0.5, 0.6) is 5.75 Å². The van der Waals surface area contributed by atoms with Gasteiger partial charge in [0.05, 0.1) is 6.10 Å². The van der Waals surface area contributed by atoms with Gasteiger partial charge in [-0.25, -0.2) is 0 Å². The summed E-state index contributed by atoms with van der Waals surface area (Å²) in [4.78, 5) is 2.49. The fourth-order valence-corrected chi connectivity index (χ4v) is 2.58. The molecular formula is C16H26N2O2. The Labute approximate surface area is 121 Å². The highest BCUT2D eigenvalue weighted by Crippen LogP contribution is 2.17. The van der Waals surface area contributed by atoms with Crippen LogP contribution in [-0.4, -0.2) is 42.4 Å². The Kier molecular flexibility index (Phi) is 6.30. The summed E-state index contributed by atoms with van der Waals surface area (Å²) in [5.74, 6) is 0.829. The quantitative estimate of drug-likeness (QED) is 0.798. The lowest BCUT2D eigenvalue weighted by atomic mass is 10.1. The molecule has 0 aromatic heterocycles. The highest BCUT2D eigenvalue weighted by Gasteiger charge is 2.11. The van der Waals surface area contributed by atoms with Crippen LogP contribution in [-0.2, 0) is 6.54 Å². The summed E-state index contributed by atoms with van der Waals surface area (Å²) in [5.41, 5.74) is 6.68. The predicted molar refractivity (Wildman–Crippen MR) is 80.7 cm³/mol. The first-order chi connectivity index (χ1) is 9.78. The number of likely N-dealkylation sites (tertiary alicyclic amines) is 1. The van der Waals surface area contributed by atoms with Gasteiger partial charge in [-0.15, -0.1) is 0 Å². The number of aliphatic hydroxyl groups excluding tert-OH is 1. The molecule has 1 aromatic rings. The van der Waals surface area contributed by atoms with E-state index >= 15 is 0 Å². The van der Waals surface area contributed by atoms with Crippen molar-refractivity contribution in [1.29, 1.82) is 0 Å². The van der Waals surface area contributed by atoms with E-state index in [1.807, 2.05) is 12.1 Å². The molecule has 0 spiro atoms. The van der Waals surface area contributed by atoms with Gasteiger partial charge in [0.25, 0.3) is 0 Å². The number of hydrogen-bond acceptors (Lipinski definition) is 4. The predicted octanol–water partition coefficient (Wildman–Crippen LogP) is 1.76. The summed E-state index contributed by atoms with van der Waals surface area (Å²) in [6.07, 6.45) is 4.07. The fraction of sp³-hybridized carbons (Fsp3) is 0.625. The molecule has 1 aliphatic heterocycles. The molecule has 1 aromatic carbocycles. The van der Waals surface area contributed by atoms with Crippen LogP contribution >= 0.6 is 0 Å². The molecule has 0 aliphatic carbocycles. The zero-order valence-electron chi connectivity index (χ0n) is 12.1. The van der Waals surface area contributed by atoms with Gasteiger partial charge in [0, 0.05) is 6.54 Å². The van der Waals surface area contributed by atoms with E-state index in [1.165, 1.54) is 37.9 Å². The molecule has 1 aliphatic rings. The molecule has 1 atom stereocenters. The molecule has 20 heavy (non-hydrogen) atoms. The Hall–Kier alpha value is -1.10. The first-order valence-corrected chi connectivity index (χ1v) is 7.60. The molecule has 1 saturated heterocycles. The van der Waals surface area contributed by atoms with Crippen LogP contribution in [0, 0.1) is 0 Å². The van der Waals surface area contributed by atoms with Crippen molar-refractivity contribution in [1.82, 2.24) is 4.90 Å². The van der Waals surface area contributed by atoms with Crippen molar-refractivity contribution in [3.8, 4) is 5.75 Å². The largest absolute Gasteiger partial charge is 0.491 e. The van der Waals surface area contributed by atoms with Crippen LogP contribution in [0.4, 0.5) is 0 Å². The van der Waals surface area contributed by atoms with E-state index < -0.39 is 6.10 Å². The van der Waals surface area contributed by atoms with E-state index in [-0.39, 0.29) is 0 Å². The number of nitrogens with zero attached hydrogens (tertiary/aromatic N) is 1. The van der Waals surface area contributed by atoms with Gasteiger partial charge in [0.2, 0.25) is 0 Å². The summed E-state index contributed by atoms with van der Waals surface area (Å²) in [6.45, 7) is 4.17. The molecule has 2 rings (SSSR count). The number of ether oxygens (including phenoxy) is 1. The van der Waals surface area contributed by atoms with Crippen LogP contribution in [0.2, 0.25) is 0 Å². The SMILES string of the molecule is NCCC(O)COc1cccc(CN2CCCCC2)c1. The third kappa shape index (κ3) is 5.12. The molecule has 4 nitrogen and oxygen atoms in total. The summed E-state index contributed by atoms with van der Waals surface area (Å²) in [6, 6.07) is 8.17.